The molecule has 30 heavy (non-hydrogen) atoms. The van der Waals surface area contributed by atoms with Crippen molar-refractivity contribution in [1.29, 1.82) is 0 Å². The van der Waals surface area contributed by atoms with Crippen molar-refractivity contribution in [2.24, 2.45) is 7.05 Å². The number of fused-ring (bicyclic) bond motifs is 1. The van der Waals surface area contributed by atoms with Crippen molar-refractivity contribution in [2.45, 2.75) is 5.16 Å². The Bertz CT molecular complexity index is 1270. The number of nitrogens with zero attached hydrogens (tertiary/aromatic N) is 3. The first-order chi connectivity index (χ1) is 14.5. The van der Waals surface area contributed by atoms with Gasteiger partial charge in [-0.2, -0.15) is 0 Å². The number of benzene rings is 2. The Hall–Kier alpha value is -2.97. The topological polar surface area (TPSA) is 55.2 Å². The maximum absolute atomic E-state index is 13.1. The predicted molar refractivity (Wildman–Crippen MR) is 121 cm³/mol. The molecule has 2 heterocycles. The van der Waals surface area contributed by atoms with E-state index in [4.69, 9.17) is 4.98 Å². The van der Waals surface area contributed by atoms with Gasteiger partial charge >= 0.3 is 0 Å². The molecule has 0 atom stereocenters. The van der Waals surface area contributed by atoms with Crippen LogP contribution in [0.4, 0.5) is 10.1 Å². The van der Waals surface area contributed by atoms with Crippen LogP contribution in [0.3, 0.4) is 0 Å². The van der Waals surface area contributed by atoms with Crippen molar-refractivity contribution in [2.75, 3.05) is 17.7 Å². The Morgan fingerprint density at radius 2 is 1.87 bits per heavy atom. The smallest absolute Gasteiger partial charge is 0.271 e. The third-order valence-electron chi connectivity index (χ3n) is 4.76. The van der Waals surface area contributed by atoms with Gasteiger partial charge in [0.25, 0.3) is 5.56 Å². The van der Waals surface area contributed by atoms with E-state index < -0.39 is 0 Å². The Morgan fingerprint density at radius 1 is 1.17 bits per heavy atom. The van der Waals surface area contributed by atoms with E-state index in [2.05, 4.69) is 0 Å². The predicted octanol–water partition coefficient (Wildman–Crippen LogP) is 4.56. The van der Waals surface area contributed by atoms with Crippen molar-refractivity contribution >= 4 is 44.9 Å². The van der Waals surface area contributed by atoms with Crippen LogP contribution in [0, 0.1) is 5.82 Å². The summed E-state index contributed by atoms with van der Waals surface area (Å²) in [5, 5.41) is 2.42. The Balaban J connectivity index is 1.61. The highest BCUT2D eigenvalue weighted by molar-refractivity contribution is 7.99. The molecule has 0 saturated carbocycles. The Morgan fingerprint density at radius 3 is 2.57 bits per heavy atom. The normalized spacial score (nSPS) is 11.0. The van der Waals surface area contributed by atoms with Crippen LogP contribution in [-0.4, -0.2) is 28.3 Å². The molecular weight excluding hydrogens is 421 g/mol. The number of hydrogen-bond acceptors (Lipinski definition) is 5. The molecule has 0 aliphatic carbocycles. The average molecular weight is 440 g/mol. The number of thiophene rings is 1. The summed E-state index contributed by atoms with van der Waals surface area (Å²) in [6, 6.07) is 15.5. The fourth-order valence-corrected chi connectivity index (χ4v) is 4.87. The minimum absolute atomic E-state index is 0.102. The van der Waals surface area contributed by atoms with Crippen LogP contribution in [0.25, 0.3) is 21.3 Å². The van der Waals surface area contributed by atoms with Crippen molar-refractivity contribution < 1.29 is 9.18 Å². The number of rotatable bonds is 5. The molecule has 0 fully saturated rings. The van der Waals surface area contributed by atoms with Gasteiger partial charge in [-0.3, -0.25) is 14.2 Å². The molecular formula is C22H18FN3O2S2. The van der Waals surface area contributed by atoms with E-state index in [-0.39, 0.29) is 23.0 Å². The molecule has 2 aromatic heterocycles. The lowest BCUT2D eigenvalue weighted by atomic mass is 10.1. The number of thioether (sulfide) groups is 1. The van der Waals surface area contributed by atoms with Crippen LogP contribution >= 0.6 is 23.1 Å². The van der Waals surface area contributed by atoms with Gasteiger partial charge in [0.1, 0.15) is 10.5 Å². The summed E-state index contributed by atoms with van der Waals surface area (Å²) in [4.78, 5) is 31.6. The van der Waals surface area contributed by atoms with E-state index in [1.807, 2.05) is 35.7 Å². The van der Waals surface area contributed by atoms with E-state index in [9.17, 15) is 14.0 Å². The van der Waals surface area contributed by atoms with E-state index in [0.29, 0.717) is 21.1 Å². The third kappa shape index (κ3) is 3.88. The van der Waals surface area contributed by atoms with Crippen LogP contribution < -0.4 is 10.5 Å². The van der Waals surface area contributed by atoms with Gasteiger partial charge < -0.3 is 4.90 Å². The Labute approximate surface area is 180 Å². The third-order valence-corrected chi connectivity index (χ3v) is 6.73. The Kier molecular flexibility index (Phi) is 5.69. The SMILES string of the molecule is CN(C(=O)CSc1nc2c(-c3ccccc3)csc2c(=O)n1C)c1ccc(F)cc1. The molecule has 0 aliphatic rings. The van der Waals surface area contributed by atoms with E-state index in [1.54, 1.807) is 26.2 Å². The van der Waals surface area contributed by atoms with Crippen LogP contribution in [-0.2, 0) is 11.8 Å². The lowest BCUT2D eigenvalue weighted by Gasteiger charge is -2.17. The summed E-state index contributed by atoms with van der Waals surface area (Å²) in [7, 11) is 3.30. The van der Waals surface area contributed by atoms with Gasteiger partial charge in [0.2, 0.25) is 5.91 Å². The number of halogens is 1. The van der Waals surface area contributed by atoms with Gasteiger partial charge in [-0.1, -0.05) is 42.1 Å². The molecule has 4 aromatic rings. The van der Waals surface area contributed by atoms with E-state index in [0.717, 1.165) is 11.1 Å². The zero-order valence-electron chi connectivity index (χ0n) is 16.3. The number of carbonyl (C=O) groups is 1. The van der Waals surface area contributed by atoms with E-state index in [1.165, 1.54) is 44.7 Å². The summed E-state index contributed by atoms with van der Waals surface area (Å²) >= 11 is 2.58. The second kappa shape index (κ2) is 8.41. The quantitative estimate of drug-likeness (QED) is 0.338. The zero-order valence-corrected chi connectivity index (χ0v) is 18.0. The standard InChI is InChI=1S/C22H18FN3O2S2/c1-25(16-10-8-15(23)9-11-16)18(27)13-30-22-24-19-17(14-6-4-3-5-7-14)12-29-20(19)21(28)26(22)2/h3-12H,13H2,1-2H3. The summed E-state index contributed by atoms with van der Waals surface area (Å²) < 4.78 is 15.2. The number of amides is 1. The van der Waals surface area contributed by atoms with Crippen molar-refractivity contribution in [3.63, 3.8) is 0 Å². The fraction of sp³-hybridized carbons (Fsp3) is 0.136. The monoisotopic (exact) mass is 439 g/mol. The molecule has 0 radical (unpaired) electrons. The number of anilines is 1. The highest BCUT2D eigenvalue weighted by Gasteiger charge is 2.17. The first-order valence-electron chi connectivity index (χ1n) is 9.14. The minimum atomic E-state index is -0.355. The number of carbonyl (C=O) groups excluding carboxylic acids is 1. The van der Waals surface area contributed by atoms with Crippen LogP contribution in [0.2, 0.25) is 0 Å². The highest BCUT2D eigenvalue weighted by atomic mass is 32.2. The summed E-state index contributed by atoms with van der Waals surface area (Å²) in [6.07, 6.45) is 0. The molecule has 5 nitrogen and oxygen atoms in total. The molecule has 0 N–H and O–H groups in total. The first kappa shape index (κ1) is 20.3. The lowest BCUT2D eigenvalue weighted by Crippen LogP contribution is -2.28. The molecule has 0 saturated heterocycles. The minimum Gasteiger partial charge on any atom is -0.315 e. The summed E-state index contributed by atoms with van der Waals surface area (Å²) in [6.45, 7) is 0. The van der Waals surface area contributed by atoms with Gasteiger partial charge in [-0.15, -0.1) is 11.3 Å². The summed E-state index contributed by atoms with van der Waals surface area (Å²) in [5.74, 6) is -0.425. The second-order valence-corrected chi connectivity index (χ2v) is 8.49. The highest BCUT2D eigenvalue weighted by Crippen LogP contribution is 2.32. The van der Waals surface area contributed by atoms with Crippen molar-refractivity contribution in [1.82, 2.24) is 9.55 Å². The molecule has 0 unspecified atom stereocenters. The van der Waals surface area contributed by atoms with Gasteiger partial charge in [0.05, 0.1) is 11.3 Å². The fourth-order valence-electron chi connectivity index (χ4n) is 3.01. The van der Waals surface area contributed by atoms with Gasteiger partial charge in [-0.05, 0) is 29.8 Å². The number of hydrogen-bond donors (Lipinski definition) is 0. The van der Waals surface area contributed by atoms with Gasteiger partial charge in [-0.25, -0.2) is 9.37 Å². The molecule has 0 aliphatic heterocycles. The van der Waals surface area contributed by atoms with Crippen LogP contribution in [0.1, 0.15) is 0 Å². The number of aromatic nitrogens is 2. The van der Waals surface area contributed by atoms with Crippen molar-refractivity contribution in [3.05, 3.63) is 76.1 Å². The van der Waals surface area contributed by atoms with Gasteiger partial charge in [0.15, 0.2) is 5.16 Å². The maximum atomic E-state index is 13.1. The molecule has 8 heteroatoms. The van der Waals surface area contributed by atoms with Crippen LogP contribution in [0.5, 0.6) is 0 Å². The molecule has 4 rings (SSSR count). The molecule has 2 aromatic carbocycles. The molecule has 0 spiro atoms. The zero-order chi connectivity index (χ0) is 21.3. The maximum Gasteiger partial charge on any atom is 0.271 e. The molecule has 1 amide bonds. The van der Waals surface area contributed by atoms with Crippen LogP contribution in [0.15, 0.2) is 69.9 Å². The average Bonchev–Trinajstić information content (AvgIpc) is 3.19. The summed E-state index contributed by atoms with van der Waals surface area (Å²) in [5.41, 5.74) is 3.02. The lowest BCUT2D eigenvalue weighted by molar-refractivity contribution is -0.115. The van der Waals surface area contributed by atoms with E-state index >= 15 is 0 Å². The van der Waals surface area contributed by atoms with Gasteiger partial charge in [0, 0.05) is 30.7 Å². The largest absolute Gasteiger partial charge is 0.315 e. The second-order valence-electron chi connectivity index (χ2n) is 6.67. The first-order valence-corrected chi connectivity index (χ1v) is 11.0. The molecule has 152 valence electrons. The van der Waals surface area contributed by atoms with Crippen molar-refractivity contribution in [3.8, 4) is 11.1 Å². The molecule has 0 bridgehead atoms.